The molecule has 0 radical (unpaired) electrons. The third-order valence-corrected chi connectivity index (χ3v) is 2.68. The lowest BCUT2D eigenvalue weighted by Gasteiger charge is -2.19. The molecule has 0 saturated heterocycles. The Morgan fingerprint density at radius 1 is 1.29 bits per heavy atom. The summed E-state index contributed by atoms with van der Waals surface area (Å²) in [4.78, 5) is 23.0. The van der Waals surface area contributed by atoms with Crippen LogP contribution in [0.25, 0.3) is 0 Å². The minimum absolute atomic E-state index is 0.00366. The van der Waals surface area contributed by atoms with Crippen LogP contribution in [0.15, 0.2) is 6.07 Å². The fourth-order valence-electron chi connectivity index (χ4n) is 1.73. The van der Waals surface area contributed by atoms with E-state index < -0.39 is 29.5 Å². The Balaban J connectivity index is 2.65. The van der Waals surface area contributed by atoms with Gasteiger partial charge in [-0.3, -0.25) is 4.68 Å². The number of alkyl halides is 3. The van der Waals surface area contributed by atoms with Gasteiger partial charge in [0.2, 0.25) is 0 Å². The predicted molar refractivity (Wildman–Crippen MR) is 77.4 cm³/mol. The molecule has 0 spiro atoms. The molecule has 0 aliphatic carbocycles. The number of nitrogens with one attached hydrogen (secondary N) is 1. The summed E-state index contributed by atoms with van der Waals surface area (Å²) in [5, 5.41) is 5.84. The van der Waals surface area contributed by atoms with Gasteiger partial charge in [-0.05, 0) is 27.2 Å². The Morgan fingerprint density at radius 3 is 2.42 bits per heavy atom. The van der Waals surface area contributed by atoms with Crippen molar-refractivity contribution in [2.24, 2.45) is 0 Å². The minimum atomic E-state index is -4.66. The first-order valence-electron chi connectivity index (χ1n) is 7.14. The second-order valence-electron chi connectivity index (χ2n) is 5.91. The molecular weight excluding hydrogens is 331 g/mol. The maximum Gasteiger partial charge on any atom is 0.435 e. The average Bonchev–Trinajstić information content (AvgIpc) is 2.85. The summed E-state index contributed by atoms with van der Waals surface area (Å²) in [5.74, 6) is -0.918. The maximum absolute atomic E-state index is 12.7. The summed E-state index contributed by atoms with van der Waals surface area (Å²) in [6, 6.07) is 0.632. The summed E-state index contributed by atoms with van der Waals surface area (Å²) in [6.07, 6.45) is -5.04. The molecule has 1 amide bonds. The van der Waals surface area contributed by atoms with Crippen molar-refractivity contribution < 1.29 is 32.2 Å². The van der Waals surface area contributed by atoms with Gasteiger partial charge < -0.3 is 14.8 Å². The number of hydrogen-bond acceptors (Lipinski definition) is 5. The number of carbonyl (C=O) groups excluding carboxylic acids is 2. The first kappa shape index (κ1) is 19.8. The molecule has 136 valence electrons. The Hall–Kier alpha value is -2.26. The van der Waals surface area contributed by atoms with Crippen LogP contribution < -0.4 is 5.32 Å². The number of esters is 1. The van der Waals surface area contributed by atoms with Crippen molar-refractivity contribution in [3.8, 4) is 0 Å². The first-order valence-corrected chi connectivity index (χ1v) is 7.14. The Morgan fingerprint density at radius 2 is 1.92 bits per heavy atom. The molecule has 1 rings (SSSR count). The van der Waals surface area contributed by atoms with Crippen LogP contribution in [0.1, 0.15) is 43.4 Å². The molecule has 1 aromatic heterocycles. The number of ether oxygens (including phenoxy) is 2. The van der Waals surface area contributed by atoms with Gasteiger partial charge in [-0.2, -0.15) is 18.3 Å². The van der Waals surface area contributed by atoms with Crippen molar-refractivity contribution in [3.05, 3.63) is 17.5 Å². The number of alkyl carbamates (subject to hydrolysis) is 1. The van der Waals surface area contributed by atoms with E-state index in [1.54, 1.807) is 20.8 Å². The monoisotopic (exact) mass is 351 g/mol. The van der Waals surface area contributed by atoms with Crippen molar-refractivity contribution in [1.82, 2.24) is 15.1 Å². The largest absolute Gasteiger partial charge is 0.464 e. The van der Waals surface area contributed by atoms with Crippen LogP contribution in [0.2, 0.25) is 0 Å². The summed E-state index contributed by atoms with van der Waals surface area (Å²) < 4.78 is 48.5. The number of amides is 1. The SMILES string of the molecule is COC(=O)c1cc(C(F)(F)F)nn1CCCNC(=O)OC(C)(C)C. The highest BCUT2D eigenvalue weighted by atomic mass is 19.4. The molecule has 0 bridgehead atoms. The number of aryl methyl sites for hydroxylation is 1. The molecule has 0 unspecified atom stereocenters. The van der Waals surface area contributed by atoms with Gasteiger partial charge in [0.1, 0.15) is 11.3 Å². The number of methoxy groups -OCH3 is 1. The van der Waals surface area contributed by atoms with Crippen molar-refractivity contribution in [2.45, 2.75) is 45.5 Å². The summed E-state index contributed by atoms with van der Waals surface area (Å²) in [6.45, 7) is 5.26. The van der Waals surface area contributed by atoms with Crippen LogP contribution in [0, 0.1) is 0 Å². The lowest BCUT2D eigenvalue weighted by molar-refractivity contribution is -0.141. The van der Waals surface area contributed by atoms with E-state index in [0.29, 0.717) is 6.07 Å². The predicted octanol–water partition coefficient (Wildman–Crippen LogP) is 2.60. The van der Waals surface area contributed by atoms with Gasteiger partial charge in [-0.25, -0.2) is 9.59 Å². The van der Waals surface area contributed by atoms with E-state index in [1.165, 1.54) is 0 Å². The Bertz CT molecular complexity index is 591. The van der Waals surface area contributed by atoms with E-state index >= 15 is 0 Å². The van der Waals surface area contributed by atoms with Crippen LogP contribution in [0.5, 0.6) is 0 Å². The zero-order valence-electron chi connectivity index (χ0n) is 13.9. The van der Waals surface area contributed by atoms with E-state index in [4.69, 9.17) is 4.74 Å². The van der Waals surface area contributed by atoms with Crippen LogP contribution >= 0.6 is 0 Å². The minimum Gasteiger partial charge on any atom is -0.464 e. The average molecular weight is 351 g/mol. The zero-order valence-corrected chi connectivity index (χ0v) is 13.9. The van der Waals surface area contributed by atoms with Crippen molar-refractivity contribution in [2.75, 3.05) is 13.7 Å². The van der Waals surface area contributed by atoms with E-state index in [2.05, 4.69) is 15.2 Å². The number of hydrogen-bond donors (Lipinski definition) is 1. The number of aromatic nitrogens is 2. The second kappa shape index (κ2) is 7.54. The molecule has 0 fully saturated rings. The topological polar surface area (TPSA) is 82.5 Å². The second-order valence-corrected chi connectivity index (χ2v) is 5.91. The van der Waals surface area contributed by atoms with Crippen LogP contribution in [-0.4, -0.2) is 41.1 Å². The Labute approximate surface area is 137 Å². The first-order chi connectivity index (χ1) is 10.9. The lowest BCUT2D eigenvalue weighted by Crippen LogP contribution is -2.33. The molecular formula is C14H20F3N3O4. The number of halogens is 3. The highest BCUT2D eigenvalue weighted by Crippen LogP contribution is 2.28. The standard InChI is InChI=1S/C14H20F3N3O4/c1-13(2,3)24-12(22)18-6-5-7-20-9(11(21)23-4)8-10(19-20)14(15,16)17/h8H,5-7H2,1-4H3,(H,18,22). The van der Waals surface area contributed by atoms with Gasteiger partial charge in [0.25, 0.3) is 0 Å². The fourth-order valence-corrected chi connectivity index (χ4v) is 1.73. The van der Waals surface area contributed by atoms with Crippen LogP contribution in [0.4, 0.5) is 18.0 Å². The molecule has 7 nitrogen and oxygen atoms in total. The molecule has 10 heteroatoms. The highest BCUT2D eigenvalue weighted by molar-refractivity contribution is 5.87. The molecule has 1 heterocycles. The third kappa shape index (κ3) is 6.09. The summed E-state index contributed by atoms with van der Waals surface area (Å²) >= 11 is 0. The van der Waals surface area contributed by atoms with E-state index in [1.807, 2.05) is 0 Å². The van der Waals surface area contributed by atoms with Crippen LogP contribution in [-0.2, 0) is 22.2 Å². The normalized spacial score (nSPS) is 12.0. The summed E-state index contributed by atoms with van der Waals surface area (Å²) in [7, 11) is 1.07. The molecule has 1 N–H and O–H groups in total. The lowest BCUT2D eigenvalue weighted by atomic mass is 10.2. The molecule has 0 aliphatic rings. The third-order valence-electron chi connectivity index (χ3n) is 2.68. The molecule has 0 aromatic carbocycles. The Kier molecular flexibility index (Phi) is 6.22. The number of nitrogens with zero attached hydrogens (tertiary/aromatic N) is 2. The van der Waals surface area contributed by atoms with Gasteiger partial charge in [0, 0.05) is 19.2 Å². The maximum atomic E-state index is 12.7. The van der Waals surface area contributed by atoms with Crippen molar-refractivity contribution >= 4 is 12.1 Å². The van der Waals surface area contributed by atoms with Crippen molar-refractivity contribution in [3.63, 3.8) is 0 Å². The molecule has 0 atom stereocenters. The number of carbonyl (C=O) groups is 2. The van der Waals surface area contributed by atoms with E-state index in [-0.39, 0.29) is 25.2 Å². The fraction of sp³-hybridized carbons (Fsp3) is 0.643. The molecule has 0 saturated carbocycles. The van der Waals surface area contributed by atoms with Gasteiger partial charge >= 0.3 is 18.2 Å². The summed E-state index contributed by atoms with van der Waals surface area (Å²) in [5.41, 5.74) is -2.13. The van der Waals surface area contributed by atoms with E-state index in [0.717, 1.165) is 11.8 Å². The molecule has 1 aromatic rings. The highest BCUT2D eigenvalue weighted by Gasteiger charge is 2.36. The number of rotatable bonds is 5. The molecule has 24 heavy (non-hydrogen) atoms. The molecule has 0 aliphatic heterocycles. The van der Waals surface area contributed by atoms with Gasteiger partial charge in [-0.15, -0.1) is 0 Å². The van der Waals surface area contributed by atoms with E-state index in [9.17, 15) is 22.8 Å². The smallest absolute Gasteiger partial charge is 0.435 e. The van der Waals surface area contributed by atoms with Gasteiger partial charge in [0.15, 0.2) is 5.69 Å². The quantitative estimate of drug-likeness (QED) is 0.651. The zero-order chi connectivity index (χ0) is 18.5. The van der Waals surface area contributed by atoms with Crippen molar-refractivity contribution in [1.29, 1.82) is 0 Å². The van der Waals surface area contributed by atoms with Crippen LogP contribution in [0.3, 0.4) is 0 Å². The van der Waals surface area contributed by atoms with Gasteiger partial charge in [-0.1, -0.05) is 0 Å². The van der Waals surface area contributed by atoms with Gasteiger partial charge in [0.05, 0.1) is 7.11 Å².